The van der Waals surface area contributed by atoms with Crippen LogP contribution in [0.3, 0.4) is 0 Å². The summed E-state index contributed by atoms with van der Waals surface area (Å²) < 4.78 is 71.9. The van der Waals surface area contributed by atoms with Crippen molar-refractivity contribution < 1.29 is 31.8 Å². The number of carbonyl (C=O) groups is 1. The average Bonchev–Trinajstić information content (AvgIpc) is 3.60. The lowest BCUT2D eigenvalue weighted by Gasteiger charge is -2.41. The molecule has 0 saturated carbocycles. The third kappa shape index (κ3) is 5.79. The van der Waals surface area contributed by atoms with Crippen LogP contribution in [-0.4, -0.2) is 82.6 Å². The van der Waals surface area contributed by atoms with Crippen LogP contribution < -0.4 is 15.0 Å². The van der Waals surface area contributed by atoms with Crippen LogP contribution in [0.5, 0.6) is 6.01 Å². The van der Waals surface area contributed by atoms with E-state index in [2.05, 4.69) is 20.2 Å². The number of pyridine rings is 1. The summed E-state index contributed by atoms with van der Waals surface area (Å²) in [5.41, 5.74) is -0.574. The van der Waals surface area contributed by atoms with Crippen LogP contribution in [0.4, 0.5) is 28.2 Å². The molecule has 4 aromatic rings. The van der Waals surface area contributed by atoms with Gasteiger partial charge in [0, 0.05) is 43.4 Å². The molecule has 9 nitrogen and oxygen atoms in total. The predicted molar refractivity (Wildman–Crippen MR) is 176 cm³/mol. The van der Waals surface area contributed by atoms with Gasteiger partial charge in [-0.1, -0.05) is 18.2 Å². The minimum atomic E-state index is -2.79. The lowest BCUT2D eigenvalue weighted by atomic mass is 9.91. The topological polar surface area (TPSA) is 92.7 Å². The Kier molecular flexibility index (Phi) is 8.00. The highest BCUT2D eigenvalue weighted by molar-refractivity contribution is 6.01. The van der Waals surface area contributed by atoms with E-state index in [1.54, 1.807) is 12.1 Å². The van der Waals surface area contributed by atoms with E-state index in [-0.39, 0.29) is 41.6 Å². The van der Waals surface area contributed by atoms with Crippen molar-refractivity contribution in [2.24, 2.45) is 0 Å². The molecule has 3 saturated heterocycles. The van der Waals surface area contributed by atoms with Crippen LogP contribution in [0, 0.1) is 5.82 Å². The van der Waals surface area contributed by atoms with Gasteiger partial charge in [0.25, 0.3) is 6.43 Å². The number of piperidine rings is 1. The lowest BCUT2D eigenvalue weighted by molar-refractivity contribution is 0.107. The smallest absolute Gasteiger partial charge is 0.407 e. The number of ether oxygens (including phenoxy) is 2. The van der Waals surface area contributed by atoms with Crippen molar-refractivity contribution in [1.29, 1.82) is 0 Å². The molecule has 7 heterocycles. The zero-order valence-corrected chi connectivity index (χ0v) is 27.3. The van der Waals surface area contributed by atoms with Gasteiger partial charge in [0.2, 0.25) is 0 Å². The number of carbonyl (C=O) groups excluding carboxylic acids is 1. The van der Waals surface area contributed by atoms with Crippen molar-refractivity contribution in [3.8, 4) is 17.3 Å². The summed E-state index contributed by atoms with van der Waals surface area (Å²) in [5, 5.41) is 4.47. The molecule has 6 bridgehead atoms. The van der Waals surface area contributed by atoms with Gasteiger partial charge in [0.15, 0.2) is 5.82 Å². The van der Waals surface area contributed by atoms with Gasteiger partial charge >= 0.3 is 12.1 Å². The van der Waals surface area contributed by atoms with Gasteiger partial charge in [-0.05, 0) is 80.5 Å². The highest BCUT2D eigenvalue weighted by Crippen LogP contribution is 2.42. The minimum absolute atomic E-state index is 0.0578. The van der Waals surface area contributed by atoms with Gasteiger partial charge in [-0.2, -0.15) is 9.97 Å². The van der Waals surface area contributed by atoms with Crippen molar-refractivity contribution in [3.05, 3.63) is 53.5 Å². The number of aromatic nitrogens is 3. The van der Waals surface area contributed by atoms with Crippen LogP contribution in [0.1, 0.15) is 63.0 Å². The van der Waals surface area contributed by atoms with Crippen molar-refractivity contribution in [2.45, 2.75) is 75.5 Å². The van der Waals surface area contributed by atoms with Gasteiger partial charge in [-0.3, -0.25) is 9.88 Å². The van der Waals surface area contributed by atoms with E-state index in [1.165, 1.54) is 18.3 Å². The fraction of sp³-hybridized carbons (Fsp3) is 0.500. The monoisotopic (exact) mass is 678 g/mol. The maximum Gasteiger partial charge on any atom is 0.407 e. The SMILES string of the molecule is C[C@@]12CCCN(C1)c1nc(OC[C@@]34CCCN3C[C@H](F)C4)nc3c(F)c(ncc13)-c1cc(C(F)F)cc3cccc(c13)CCCOC(=O)N2. The molecule has 1 N–H and O–H groups in total. The van der Waals surface area contributed by atoms with E-state index in [1.807, 2.05) is 17.9 Å². The van der Waals surface area contributed by atoms with E-state index >= 15 is 4.39 Å². The molecule has 0 aliphatic carbocycles. The number of fused-ring (bicyclic) bond motifs is 7. The number of nitrogens with one attached hydrogen (secondary N) is 1. The van der Waals surface area contributed by atoms with Crippen LogP contribution >= 0.6 is 0 Å². The van der Waals surface area contributed by atoms with Crippen molar-refractivity contribution in [1.82, 2.24) is 25.2 Å². The molecular weight excluding hydrogens is 640 g/mol. The molecule has 9 rings (SSSR count). The van der Waals surface area contributed by atoms with Crippen LogP contribution in [0.25, 0.3) is 32.9 Å². The first-order chi connectivity index (χ1) is 23.6. The second-order valence-corrected chi connectivity index (χ2v) is 14.2. The van der Waals surface area contributed by atoms with E-state index in [4.69, 9.17) is 14.5 Å². The van der Waals surface area contributed by atoms with Crippen molar-refractivity contribution in [3.63, 3.8) is 0 Å². The average molecular weight is 679 g/mol. The minimum Gasteiger partial charge on any atom is -0.461 e. The maximum absolute atomic E-state index is 17.1. The second kappa shape index (κ2) is 12.3. The van der Waals surface area contributed by atoms with Crippen molar-refractivity contribution >= 4 is 33.6 Å². The molecule has 2 aromatic heterocycles. The number of rotatable bonds is 4. The summed E-state index contributed by atoms with van der Waals surface area (Å²) in [6.45, 7) is 4.27. The molecule has 2 aromatic carbocycles. The number of benzene rings is 2. The lowest BCUT2D eigenvalue weighted by Crippen LogP contribution is -2.57. The molecule has 3 atom stereocenters. The zero-order valence-electron chi connectivity index (χ0n) is 27.3. The van der Waals surface area contributed by atoms with Gasteiger partial charge in [0.1, 0.15) is 29.8 Å². The van der Waals surface area contributed by atoms with Gasteiger partial charge in [-0.15, -0.1) is 0 Å². The summed E-state index contributed by atoms with van der Waals surface area (Å²) in [6, 6.07) is 8.00. The molecule has 13 heteroatoms. The maximum atomic E-state index is 17.1. The number of hydrogen-bond acceptors (Lipinski definition) is 8. The van der Waals surface area contributed by atoms with E-state index in [9.17, 15) is 18.0 Å². The first-order valence-electron chi connectivity index (χ1n) is 17.0. The molecule has 5 aliphatic heterocycles. The summed E-state index contributed by atoms with van der Waals surface area (Å²) in [7, 11) is 0. The summed E-state index contributed by atoms with van der Waals surface area (Å²) in [4.78, 5) is 31.0. The molecular formula is C36H38F4N6O3. The third-order valence-corrected chi connectivity index (χ3v) is 10.7. The number of alkyl carbamates (subject to hydrolysis) is 1. The van der Waals surface area contributed by atoms with Crippen LogP contribution in [0.15, 0.2) is 36.5 Å². The first-order valence-corrected chi connectivity index (χ1v) is 17.0. The quantitative estimate of drug-likeness (QED) is 0.233. The Morgan fingerprint density at radius 2 is 2.00 bits per heavy atom. The highest BCUT2D eigenvalue weighted by Gasteiger charge is 2.49. The van der Waals surface area contributed by atoms with Crippen LogP contribution in [0.2, 0.25) is 0 Å². The van der Waals surface area contributed by atoms with Gasteiger partial charge < -0.3 is 19.7 Å². The third-order valence-electron chi connectivity index (χ3n) is 10.7. The Morgan fingerprint density at radius 1 is 1.14 bits per heavy atom. The Morgan fingerprint density at radius 3 is 2.86 bits per heavy atom. The number of alkyl halides is 3. The fourth-order valence-electron chi connectivity index (χ4n) is 8.44. The normalized spacial score (nSPS) is 26.0. The highest BCUT2D eigenvalue weighted by atomic mass is 19.3. The number of aryl methyl sites for hydroxylation is 1. The molecule has 49 heavy (non-hydrogen) atoms. The second-order valence-electron chi connectivity index (χ2n) is 14.2. The Hall–Kier alpha value is -4.26. The summed E-state index contributed by atoms with van der Waals surface area (Å²) in [5.74, 6) is -0.398. The Bertz CT molecular complexity index is 1950. The molecule has 3 fully saturated rings. The molecule has 1 amide bonds. The van der Waals surface area contributed by atoms with Gasteiger partial charge in [-0.25, -0.2) is 22.4 Å². The number of amides is 1. The van der Waals surface area contributed by atoms with Gasteiger partial charge in [0.05, 0.1) is 23.1 Å². The predicted octanol–water partition coefficient (Wildman–Crippen LogP) is 6.91. The van der Waals surface area contributed by atoms with Crippen LogP contribution in [-0.2, 0) is 11.2 Å². The summed E-state index contributed by atoms with van der Waals surface area (Å²) in [6.07, 6.45) is 1.58. The largest absolute Gasteiger partial charge is 0.461 e. The molecule has 0 unspecified atom stereocenters. The summed E-state index contributed by atoms with van der Waals surface area (Å²) >= 11 is 0. The van der Waals surface area contributed by atoms with E-state index in [0.717, 1.165) is 24.9 Å². The molecule has 0 radical (unpaired) electrons. The molecule has 258 valence electrons. The number of halogens is 4. The number of hydrogen-bond donors (Lipinski definition) is 1. The molecule has 0 spiro atoms. The zero-order chi connectivity index (χ0) is 33.9. The Labute approximate surface area is 281 Å². The number of nitrogens with zero attached hydrogens (tertiary/aromatic N) is 5. The van der Waals surface area contributed by atoms with E-state index < -0.39 is 35.6 Å². The van der Waals surface area contributed by atoms with E-state index in [0.29, 0.717) is 73.7 Å². The molecule has 5 aliphatic rings. The fourth-order valence-corrected chi connectivity index (χ4v) is 8.44. The number of anilines is 1. The van der Waals surface area contributed by atoms with Crippen molar-refractivity contribution in [2.75, 3.05) is 44.3 Å². The standard InChI is InChI=1S/C36H38F4N6O3/c1-35-9-4-11-45(19-35)32-26-17-41-29(28(38)30(26)42-33(43-32)49-20-36-10-5-12-46(36)18-24(37)16-36)25-15-23(31(39)40)14-22-7-2-6-21(27(22)25)8-3-13-48-34(47)44-35/h2,6-7,14-15,17,24,31H,3-5,8-13,16,18-20H2,1H3,(H,44,47)/t24-,35-,36+/m1/s1. The Balaban J connectivity index is 1.31. The first kappa shape index (κ1) is 32.0.